The van der Waals surface area contributed by atoms with Gasteiger partial charge in [-0.05, 0) is 55.4 Å². The molecule has 2 aromatic rings. The van der Waals surface area contributed by atoms with Gasteiger partial charge >= 0.3 is 0 Å². The average Bonchev–Trinajstić information content (AvgIpc) is 3.25. The van der Waals surface area contributed by atoms with Gasteiger partial charge in [0.2, 0.25) is 10.0 Å². The molecule has 0 bridgehead atoms. The highest BCUT2D eigenvalue weighted by atomic mass is 32.2. The highest BCUT2D eigenvalue weighted by Gasteiger charge is 2.24. The number of nitrogens with zero attached hydrogens (tertiary/aromatic N) is 2. The van der Waals surface area contributed by atoms with Gasteiger partial charge in [-0.1, -0.05) is 26.0 Å². The Morgan fingerprint density at radius 3 is 2.33 bits per heavy atom. The van der Waals surface area contributed by atoms with Gasteiger partial charge in [-0.2, -0.15) is 4.31 Å². The van der Waals surface area contributed by atoms with Gasteiger partial charge in [-0.3, -0.25) is 0 Å². The fourth-order valence-corrected chi connectivity index (χ4v) is 5.27. The molecule has 6 nitrogen and oxygen atoms in total. The minimum absolute atomic E-state index is 0.193. The van der Waals surface area contributed by atoms with Gasteiger partial charge < -0.3 is 15.5 Å². The third-order valence-electron chi connectivity index (χ3n) is 5.13. The molecule has 2 N–H and O–H groups in total. The van der Waals surface area contributed by atoms with Crippen molar-refractivity contribution in [3.8, 4) is 0 Å². The van der Waals surface area contributed by atoms with Crippen LogP contribution in [0.5, 0.6) is 0 Å². The van der Waals surface area contributed by atoms with Crippen molar-refractivity contribution in [3.05, 3.63) is 48.3 Å². The predicted octanol–water partition coefficient (Wildman–Crippen LogP) is 4.27. The molecule has 1 aliphatic rings. The maximum atomic E-state index is 14.0. The Bertz CT molecular complexity index is 1000. The highest BCUT2D eigenvalue weighted by molar-refractivity contribution is 7.89. The topological polar surface area (TPSA) is 64.7 Å². The molecule has 9 heteroatoms. The summed E-state index contributed by atoms with van der Waals surface area (Å²) < 4.78 is 41.3. The molecule has 162 valence electrons. The number of rotatable bonds is 7. The second kappa shape index (κ2) is 9.72. The Labute approximate surface area is 183 Å². The number of anilines is 3. The molecule has 0 aliphatic carbocycles. The second-order valence-electron chi connectivity index (χ2n) is 7.02. The van der Waals surface area contributed by atoms with E-state index in [2.05, 4.69) is 15.5 Å². The highest BCUT2D eigenvalue weighted by Crippen LogP contribution is 2.32. The fraction of sp³-hybridized carbons (Fsp3) is 0.381. The summed E-state index contributed by atoms with van der Waals surface area (Å²) in [7, 11) is -3.61. The van der Waals surface area contributed by atoms with Crippen molar-refractivity contribution >= 4 is 44.4 Å². The van der Waals surface area contributed by atoms with E-state index < -0.39 is 15.8 Å². The zero-order valence-electron chi connectivity index (χ0n) is 17.2. The smallest absolute Gasteiger partial charge is 0.243 e. The SMILES string of the molecule is CCN(CC)S(=O)(=O)c1ccc(N2CCCC2)c(NC(=S)Nc2ccccc2F)c1. The van der Waals surface area contributed by atoms with Gasteiger partial charge in [0.1, 0.15) is 5.82 Å². The Morgan fingerprint density at radius 2 is 1.70 bits per heavy atom. The normalized spacial score (nSPS) is 14.2. The lowest BCUT2D eigenvalue weighted by Gasteiger charge is -2.24. The maximum Gasteiger partial charge on any atom is 0.243 e. The average molecular weight is 451 g/mol. The van der Waals surface area contributed by atoms with Crippen molar-refractivity contribution in [2.45, 2.75) is 31.6 Å². The number of nitrogens with one attached hydrogen (secondary N) is 2. The Hall–Kier alpha value is -2.23. The molecule has 0 atom stereocenters. The molecule has 0 aromatic heterocycles. The van der Waals surface area contributed by atoms with E-state index in [1.54, 1.807) is 30.3 Å². The molecule has 0 radical (unpaired) electrons. The van der Waals surface area contributed by atoms with Gasteiger partial charge in [-0.25, -0.2) is 12.8 Å². The van der Waals surface area contributed by atoms with Gasteiger partial charge in [0.05, 0.1) is 22.0 Å². The van der Waals surface area contributed by atoms with E-state index in [0.717, 1.165) is 31.6 Å². The van der Waals surface area contributed by atoms with Crippen LogP contribution in [0.4, 0.5) is 21.5 Å². The summed E-state index contributed by atoms with van der Waals surface area (Å²) >= 11 is 5.38. The lowest BCUT2D eigenvalue weighted by atomic mass is 10.2. The molecule has 3 rings (SSSR count). The first-order valence-electron chi connectivity index (χ1n) is 10.1. The van der Waals surface area contributed by atoms with Crippen LogP contribution >= 0.6 is 12.2 Å². The van der Waals surface area contributed by atoms with Crippen molar-refractivity contribution in [1.29, 1.82) is 0 Å². The molecular formula is C21H27FN4O2S2. The van der Waals surface area contributed by atoms with Crippen molar-refractivity contribution in [2.24, 2.45) is 0 Å². The zero-order valence-corrected chi connectivity index (χ0v) is 18.8. The van der Waals surface area contributed by atoms with E-state index in [1.807, 2.05) is 19.9 Å². The molecule has 2 aromatic carbocycles. The first kappa shape index (κ1) is 22.5. The Kier molecular flexibility index (Phi) is 7.27. The zero-order chi connectivity index (χ0) is 21.7. The van der Waals surface area contributed by atoms with Crippen molar-refractivity contribution in [3.63, 3.8) is 0 Å². The van der Waals surface area contributed by atoms with Gasteiger partial charge in [0.25, 0.3) is 0 Å². The second-order valence-corrected chi connectivity index (χ2v) is 9.37. The van der Waals surface area contributed by atoms with E-state index in [9.17, 15) is 12.8 Å². The molecule has 0 spiro atoms. The van der Waals surface area contributed by atoms with Crippen molar-refractivity contribution < 1.29 is 12.8 Å². The summed E-state index contributed by atoms with van der Waals surface area (Å²) in [4.78, 5) is 2.40. The van der Waals surface area contributed by atoms with Crippen LogP contribution in [-0.2, 0) is 10.0 Å². The molecule has 1 fully saturated rings. The molecule has 1 saturated heterocycles. The molecule has 0 unspecified atom stereocenters. The molecule has 1 heterocycles. The third-order valence-corrected chi connectivity index (χ3v) is 7.38. The van der Waals surface area contributed by atoms with Crippen LogP contribution in [0, 0.1) is 5.82 Å². The standard InChI is InChI=1S/C21H27FN4O2S2/c1-3-26(4-2)30(27,28)16-11-12-20(25-13-7-8-14-25)19(15-16)24-21(29)23-18-10-6-5-9-17(18)22/h5-6,9-12,15H,3-4,7-8,13-14H2,1-2H3,(H2,23,24,29). The number of halogens is 1. The third kappa shape index (κ3) is 4.91. The van der Waals surface area contributed by atoms with Crippen LogP contribution in [0.15, 0.2) is 47.4 Å². The number of benzene rings is 2. The van der Waals surface area contributed by atoms with Crippen molar-refractivity contribution in [2.75, 3.05) is 41.7 Å². The Morgan fingerprint density at radius 1 is 1.07 bits per heavy atom. The van der Waals surface area contributed by atoms with Crippen molar-refractivity contribution in [1.82, 2.24) is 4.31 Å². The van der Waals surface area contributed by atoms with E-state index in [0.29, 0.717) is 18.8 Å². The van der Waals surface area contributed by atoms with Crippen LogP contribution < -0.4 is 15.5 Å². The first-order chi connectivity index (χ1) is 14.4. The van der Waals surface area contributed by atoms with Gasteiger partial charge in [-0.15, -0.1) is 0 Å². The first-order valence-corrected chi connectivity index (χ1v) is 11.9. The monoisotopic (exact) mass is 450 g/mol. The minimum atomic E-state index is -3.61. The molecule has 30 heavy (non-hydrogen) atoms. The van der Waals surface area contributed by atoms with E-state index in [1.165, 1.54) is 10.4 Å². The van der Waals surface area contributed by atoms with Crippen LogP contribution in [0.3, 0.4) is 0 Å². The molecular weight excluding hydrogens is 423 g/mol. The number of hydrogen-bond donors (Lipinski definition) is 2. The van der Waals surface area contributed by atoms with E-state index >= 15 is 0 Å². The minimum Gasteiger partial charge on any atom is -0.370 e. The van der Waals surface area contributed by atoms with Crippen LogP contribution in [0.1, 0.15) is 26.7 Å². The summed E-state index contributed by atoms with van der Waals surface area (Å²) in [5.74, 6) is -0.417. The fourth-order valence-electron chi connectivity index (χ4n) is 3.56. The van der Waals surface area contributed by atoms with Gasteiger partial charge in [0, 0.05) is 26.2 Å². The maximum absolute atomic E-state index is 14.0. The quantitative estimate of drug-likeness (QED) is 0.615. The summed E-state index contributed by atoms with van der Waals surface area (Å²) in [6.07, 6.45) is 2.16. The lowest BCUT2D eigenvalue weighted by molar-refractivity contribution is 0.445. The largest absolute Gasteiger partial charge is 0.370 e. The van der Waals surface area contributed by atoms with E-state index in [4.69, 9.17) is 12.2 Å². The van der Waals surface area contributed by atoms with Gasteiger partial charge in [0.15, 0.2) is 5.11 Å². The summed E-state index contributed by atoms with van der Waals surface area (Å²) in [6, 6.07) is 11.3. The number of thiocarbonyl (C=S) groups is 1. The molecule has 1 aliphatic heterocycles. The van der Waals surface area contributed by atoms with Crippen LogP contribution in [-0.4, -0.2) is 44.0 Å². The van der Waals surface area contributed by atoms with Crippen LogP contribution in [0.25, 0.3) is 0 Å². The number of sulfonamides is 1. The predicted molar refractivity (Wildman–Crippen MR) is 124 cm³/mol. The number of hydrogen-bond acceptors (Lipinski definition) is 4. The molecule has 0 saturated carbocycles. The summed E-state index contributed by atoms with van der Waals surface area (Å²) in [6.45, 7) is 6.19. The summed E-state index contributed by atoms with van der Waals surface area (Å²) in [5.41, 5.74) is 1.72. The van der Waals surface area contributed by atoms with E-state index in [-0.39, 0.29) is 15.7 Å². The summed E-state index contributed by atoms with van der Waals surface area (Å²) in [5, 5.41) is 6.12. The lowest BCUT2D eigenvalue weighted by Crippen LogP contribution is -2.31. The number of para-hydroxylation sites is 1. The van der Waals surface area contributed by atoms with Crippen LogP contribution in [0.2, 0.25) is 0 Å². The molecule has 0 amide bonds. The Balaban J connectivity index is 1.93.